The molecule has 7 nitrogen and oxygen atoms in total. The fraction of sp³-hybridized carbons (Fsp3) is 0.500. The number of aromatic nitrogens is 1. The molecule has 3 aromatic rings. The molecule has 0 saturated carbocycles. The molecule has 1 heterocycles. The van der Waals surface area contributed by atoms with Crippen LogP contribution in [0.1, 0.15) is 79.9 Å². The summed E-state index contributed by atoms with van der Waals surface area (Å²) in [5.74, 6) is -0.112. The van der Waals surface area contributed by atoms with Crippen molar-refractivity contribution >= 4 is 29.0 Å². The number of rotatable bonds is 14. The van der Waals surface area contributed by atoms with Gasteiger partial charge in [0.2, 0.25) is 0 Å². The molecule has 0 aliphatic heterocycles. The van der Waals surface area contributed by atoms with E-state index in [1.165, 1.54) is 0 Å². The minimum atomic E-state index is -0.728. The lowest BCUT2D eigenvalue weighted by molar-refractivity contribution is -0.159. The van der Waals surface area contributed by atoms with Gasteiger partial charge in [0, 0.05) is 48.0 Å². The Balaban J connectivity index is 1.31. The second kappa shape index (κ2) is 14.6. The molecule has 0 N–H and O–H groups in total. The topological polar surface area (TPSA) is 79.8 Å². The summed E-state index contributed by atoms with van der Waals surface area (Å²) in [6, 6.07) is 15.8. The van der Waals surface area contributed by atoms with E-state index in [1.807, 2.05) is 83.1 Å². The molecular formula is C36H47N3O4S. The number of ketones is 1. The number of aryl methyl sites for hydroxylation is 1. The number of hydrogen-bond donors (Lipinski definition) is 0. The van der Waals surface area contributed by atoms with Crippen molar-refractivity contribution in [2.45, 2.75) is 78.2 Å². The minimum Gasteiger partial charge on any atom is -0.460 e. The fourth-order valence-corrected chi connectivity index (χ4v) is 6.69. The smallest absolute Gasteiger partial charge is 0.307 e. The quantitative estimate of drug-likeness (QED) is 0.149. The Kier molecular flexibility index (Phi) is 11.1. The van der Waals surface area contributed by atoms with E-state index >= 15 is 0 Å². The van der Waals surface area contributed by atoms with E-state index in [1.54, 1.807) is 11.3 Å². The Labute approximate surface area is 266 Å². The van der Waals surface area contributed by atoms with Crippen LogP contribution in [0, 0.1) is 5.41 Å². The molecule has 0 spiro atoms. The first kappa shape index (κ1) is 33.5. The molecule has 1 amide bonds. The van der Waals surface area contributed by atoms with Gasteiger partial charge in [-0.3, -0.25) is 14.4 Å². The third-order valence-corrected chi connectivity index (χ3v) is 9.09. The van der Waals surface area contributed by atoms with Crippen LogP contribution in [0.4, 0.5) is 0 Å². The van der Waals surface area contributed by atoms with Crippen LogP contribution >= 0.6 is 11.3 Å². The minimum absolute atomic E-state index is 0.0452. The zero-order valence-electron chi connectivity index (χ0n) is 27.2. The van der Waals surface area contributed by atoms with Gasteiger partial charge in [0.15, 0.2) is 0 Å². The van der Waals surface area contributed by atoms with Gasteiger partial charge in [-0.25, -0.2) is 4.98 Å². The van der Waals surface area contributed by atoms with Crippen molar-refractivity contribution in [2.24, 2.45) is 5.41 Å². The molecule has 2 aromatic carbocycles. The summed E-state index contributed by atoms with van der Waals surface area (Å²) in [7, 11) is 4.02. The number of nitrogens with zero attached hydrogens (tertiary/aromatic N) is 3. The fourth-order valence-electron chi connectivity index (χ4n) is 5.84. The third kappa shape index (κ3) is 8.85. The SMILES string of the molecule is CCN(CCN(C)C)C(=O)c1ccc(-c2csc(CCCCC(=O)C3(CC(=O)OC(C)(C)C)Cc4ccccc4C3)n2)cc1. The monoisotopic (exact) mass is 617 g/mol. The lowest BCUT2D eigenvalue weighted by atomic mass is 9.75. The van der Waals surface area contributed by atoms with Crippen molar-refractivity contribution in [1.82, 2.24) is 14.8 Å². The molecule has 1 aromatic heterocycles. The van der Waals surface area contributed by atoms with E-state index in [-0.39, 0.29) is 24.1 Å². The Morgan fingerprint density at radius 2 is 1.61 bits per heavy atom. The molecule has 0 atom stereocenters. The molecule has 0 saturated heterocycles. The highest BCUT2D eigenvalue weighted by atomic mass is 32.1. The average molecular weight is 618 g/mol. The maximum Gasteiger partial charge on any atom is 0.307 e. The molecule has 8 heteroatoms. The zero-order valence-corrected chi connectivity index (χ0v) is 28.0. The van der Waals surface area contributed by atoms with Gasteiger partial charge in [0.1, 0.15) is 11.4 Å². The van der Waals surface area contributed by atoms with Crippen LogP contribution in [0.25, 0.3) is 11.3 Å². The van der Waals surface area contributed by atoms with Gasteiger partial charge in [-0.1, -0.05) is 36.4 Å². The average Bonchev–Trinajstić information content (AvgIpc) is 3.59. The number of carbonyl (C=O) groups is 3. The lowest BCUT2D eigenvalue weighted by Crippen LogP contribution is -2.37. The Morgan fingerprint density at radius 3 is 2.20 bits per heavy atom. The van der Waals surface area contributed by atoms with Gasteiger partial charge < -0.3 is 14.5 Å². The number of ether oxygens (including phenoxy) is 1. The number of Topliss-reactive ketones (excluding diaryl/α,β-unsaturated/α-hetero) is 1. The van der Waals surface area contributed by atoms with Crippen LogP contribution in [0.3, 0.4) is 0 Å². The number of benzene rings is 2. The summed E-state index contributed by atoms with van der Waals surface area (Å²) in [4.78, 5) is 48.3. The Bertz CT molecular complexity index is 1410. The molecule has 0 bridgehead atoms. The Morgan fingerprint density at radius 1 is 0.955 bits per heavy atom. The highest BCUT2D eigenvalue weighted by Gasteiger charge is 2.45. The standard InChI is InChI=1S/C36H47N3O4S/c1-7-39(21-20-38(5)6)34(42)27-18-16-26(17-19-27)30-25-44-32(37-30)15-11-10-14-31(40)36(24-33(41)43-35(2,3)4)22-28-12-8-9-13-29(28)23-36/h8-9,12-13,16-19,25H,7,10-11,14-15,20-24H2,1-6H3. The lowest BCUT2D eigenvalue weighted by Gasteiger charge is -2.29. The number of hydrogen-bond acceptors (Lipinski definition) is 7. The normalized spacial score (nSPS) is 14.0. The number of thiazole rings is 1. The molecule has 4 rings (SSSR count). The maximum absolute atomic E-state index is 13.7. The number of esters is 1. The van der Waals surface area contributed by atoms with Crippen LogP contribution in [0.15, 0.2) is 53.9 Å². The van der Waals surface area contributed by atoms with Crippen LogP contribution in [-0.2, 0) is 33.6 Å². The van der Waals surface area contributed by atoms with Crippen molar-refractivity contribution in [1.29, 1.82) is 0 Å². The summed E-state index contributed by atoms with van der Waals surface area (Å²) in [5.41, 5.74) is 3.58. The molecule has 0 unspecified atom stereocenters. The third-order valence-electron chi connectivity index (χ3n) is 8.18. The van der Waals surface area contributed by atoms with Crippen molar-refractivity contribution < 1.29 is 19.1 Å². The van der Waals surface area contributed by atoms with Gasteiger partial charge in [0.05, 0.1) is 17.1 Å². The van der Waals surface area contributed by atoms with E-state index in [4.69, 9.17) is 9.72 Å². The highest BCUT2D eigenvalue weighted by Crippen LogP contribution is 2.42. The molecule has 0 fully saturated rings. The van der Waals surface area contributed by atoms with Gasteiger partial charge in [-0.15, -0.1) is 11.3 Å². The van der Waals surface area contributed by atoms with Crippen molar-refractivity contribution in [2.75, 3.05) is 33.7 Å². The van der Waals surface area contributed by atoms with Crippen LogP contribution in [0.5, 0.6) is 0 Å². The van der Waals surface area contributed by atoms with Gasteiger partial charge >= 0.3 is 5.97 Å². The van der Waals surface area contributed by atoms with E-state index in [0.29, 0.717) is 37.9 Å². The van der Waals surface area contributed by atoms with Gasteiger partial charge in [0.25, 0.3) is 5.91 Å². The molecule has 1 aliphatic rings. The molecule has 1 aliphatic carbocycles. The summed E-state index contributed by atoms with van der Waals surface area (Å²) in [5, 5.41) is 3.09. The zero-order chi connectivity index (χ0) is 31.9. The summed E-state index contributed by atoms with van der Waals surface area (Å²) in [6.07, 6.45) is 4.13. The number of likely N-dealkylation sites (N-methyl/N-ethyl adjacent to an activating group) is 2. The van der Waals surface area contributed by atoms with Crippen molar-refractivity contribution in [3.05, 3.63) is 75.6 Å². The number of fused-ring (bicyclic) bond motifs is 1. The predicted octanol–water partition coefficient (Wildman–Crippen LogP) is 6.63. The number of amides is 1. The summed E-state index contributed by atoms with van der Waals surface area (Å²) in [6.45, 7) is 9.78. The highest BCUT2D eigenvalue weighted by molar-refractivity contribution is 7.09. The second-order valence-electron chi connectivity index (χ2n) is 13.2. The first-order valence-electron chi connectivity index (χ1n) is 15.7. The molecule has 236 valence electrons. The maximum atomic E-state index is 13.7. The van der Waals surface area contributed by atoms with E-state index < -0.39 is 11.0 Å². The van der Waals surface area contributed by atoms with Crippen molar-refractivity contribution in [3.63, 3.8) is 0 Å². The van der Waals surface area contributed by atoms with Crippen LogP contribution in [0.2, 0.25) is 0 Å². The molecule has 44 heavy (non-hydrogen) atoms. The van der Waals surface area contributed by atoms with Gasteiger partial charge in [-0.2, -0.15) is 0 Å². The van der Waals surface area contributed by atoms with Crippen LogP contribution < -0.4 is 0 Å². The van der Waals surface area contributed by atoms with E-state index in [9.17, 15) is 14.4 Å². The summed E-state index contributed by atoms with van der Waals surface area (Å²) >= 11 is 1.62. The van der Waals surface area contributed by atoms with Gasteiger partial charge in [-0.05, 0) is 97.2 Å². The first-order chi connectivity index (χ1) is 20.9. The molecular weight excluding hydrogens is 570 g/mol. The summed E-state index contributed by atoms with van der Waals surface area (Å²) < 4.78 is 5.63. The first-order valence-corrected chi connectivity index (χ1v) is 16.6. The number of unbranched alkanes of at least 4 members (excludes halogenated alkanes) is 1. The van der Waals surface area contributed by atoms with Crippen LogP contribution in [-0.4, -0.2) is 71.8 Å². The van der Waals surface area contributed by atoms with E-state index in [2.05, 4.69) is 22.4 Å². The van der Waals surface area contributed by atoms with Crippen molar-refractivity contribution in [3.8, 4) is 11.3 Å². The number of carbonyl (C=O) groups excluding carboxylic acids is 3. The predicted molar refractivity (Wildman–Crippen MR) is 177 cm³/mol. The molecule has 0 radical (unpaired) electrons. The van der Waals surface area contributed by atoms with E-state index in [0.717, 1.165) is 53.2 Å². The Hall–Kier alpha value is -3.36. The largest absolute Gasteiger partial charge is 0.460 e. The second-order valence-corrected chi connectivity index (χ2v) is 14.1.